The number of aliphatic hydroxyl groups excluding tert-OH is 5. The standard InChI is InChI=1S/C24H28O13/c25-8-14-17(30)18(31)19(32)23(34-14)36-22-16-11(5-6-33-22)20(21-24(16,9-26)37-21)35-15(29)4-2-10-1-3-12(27)13(28)7-10/h1-7,11,14,16-23,25-28,30-32H,8-9H2/b4-2-/t11-,14+,16+,17+,18+,19-,20-,21-,22-,23-,24+/m0/s1. The number of aromatic hydroxyl groups is 2. The molecule has 7 N–H and O–H groups in total. The van der Waals surface area contributed by atoms with E-state index in [2.05, 4.69) is 0 Å². The first-order valence-electron chi connectivity index (χ1n) is 11.7. The molecule has 3 aliphatic heterocycles. The van der Waals surface area contributed by atoms with Crippen LogP contribution in [0.25, 0.3) is 6.08 Å². The Morgan fingerprint density at radius 1 is 1.05 bits per heavy atom. The van der Waals surface area contributed by atoms with Gasteiger partial charge in [-0.3, -0.25) is 0 Å². The number of phenolic OH excluding ortho intramolecular Hbond substituents is 2. The first-order valence-corrected chi connectivity index (χ1v) is 11.7. The van der Waals surface area contributed by atoms with Crippen LogP contribution in [0.5, 0.6) is 11.5 Å². The van der Waals surface area contributed by atoms with Crippen molar-refractivity contribution in [2.75, 3.05) is 13.2 Å². The van der Waals surface area contributed by atoms with E-state index < -0.39 is 85.8 Å². The van der Waals surface area contributed by atoms with Gasteiger partial charge in [0.05, 0.1) is 25.4 Å². The van der Waals surface area contributed by atoms with Crippen molar-refractivity contribution in [3.8, 4) is 11.5 Å². The molecule has 11 atom stereocenters. The number of carbonyl (C=O) groups is 1. The van der Waals surface area contributed by atoms with Gasteiger partial charge >= 0.3 is 5.97 Å². The zero-order valence-corrected chi connectivity index (χ0v) is 19.3. The monoisotopic (exact) mass is 524 g/mol. The fraction of sp³-hybridized carbons (Fsp3) is 0.542. The molecule has 0 unspecified atom stereocenters. The fourth-order valence-electron chi connectivity index (χ4n) is 5.27. The number of aliphatic hydroxyl groups is 5. The normalized spacial score (nSPS) is 42.2. The van der Waals surface area contributed by atoms with Gasteiger partial charge in [-0.2, -0.15) is 0 Å². The molecular weight excluding hydrogens is 496 g/mol. The second-order valence-electron chi connectivity index (χ2n) is 9.40. The lowest BCUT2D eigenvalue weighted by atomic mass is 9.85. The quantitative estimate of drug-likeness (QED) is 0.0900. The summed E-state index contributed by atoms with van der Waals surface area (Å²) in [6.07, 6.45) is -4.68. The van der Waals surface area contributed by atoms with Crippen molar-refractivity contribution < 1.29 is 64.2 Å². The zero-order chi connectivity index (χ0) is 26.5. The summed E-state index contributed by atoms with van der Waals surface area (Å²) in [5.41, 5.74) is -0.714. The van der Waals surface area contributed by atoms with Crippen molar-refractivity contribution in [3.63, 3.8) is 0 Å². The van der Waals surface area contributed by atoms with Crippen LogP contribution in [-0.2, 0) is 28.5 Å². The van der Waals surface area contributed by atoms with E-state index in [1.54, 1.807) is 6.08 Å². The molecule has 1 aromatic rings. The maximum atomic E-state index is 12.6. The van der Waals surface area contributed by atoms with Gasteiger partial charge in [0.15, 0.2) is 17.8 Å². The second-order valence-corrected chi connectivity index (χ2v) is 9.40. The van der Waals surface area contributed by atoms with E-state index in [1.165, 1.54) is 30.5 Å². The number of hydrogen-bond donors (Lipinski definition) is 7. The van der Waals surface area contributed by atoms with Gasteiger partial charge in [-0.25, -0.2) is 4.79 Å². The average Bonchev–Trinajstić information content (AvgIpc) is 3.57. The number of fused-ring (bicyclic) bond motifs is 3. The van der Waals surface area contributed by atoms with Crippen LogP contribution in [0.2, 0.25) is 0 Å². The Kier molecular flexibility index (Phi) is 6.89. The van der Waals surface area contributed by atoms with Gasteiger partial charge in [0, 0.05) is 12.0 Å². The second kappa shape index (κ2) is 9.85. The maximum absolute atomic E-state index is 12.6. The highest BCUT2D eigenvalue weighted by atomic mass is 16.8. The van der Waals surface area contributed by atoms with Crippen molar-refractivity contribution in [1.29, 1.82) is 0 Å². The number of phenols is 2. The molecule has 0 amide bonds. The van der Waals surface area contributed by atoms with Crippen LogP contribution < -0.4 is 0 Å². The van der Waals surface area contributed by atoms with Crippen molar-refractivity contribution >= 4 is 12.0 Å². The SMILES string of the molecule is O=C(/C=C\c1ccc(O)c(O)c1)O[C@H]1[C@H]2C=CO[C@@H](O[C@@H]3O[C@H](CO)[C@@H](O)[C@@H](O)[C@@H]3O)[C@@H]2[C@@]2(CO)O[C@@H]12. The molecule has 0 bridgehead atoms. The Bertz CT molecular complexity index is 1070. The Morgan fingerprint density at radius 3 is 2.54 bits per heavy atom. The van der Waals surface area contributed by atoms with Gasteiger partial charge in [-0.15, -0.1) is 0 Å². The molecule has 13 heteroatoms. The lowest BCUT2D eigenvalue weighted by Crippen LogP contribution is -2.60. The first kappa shape index (κ1) is 25.9. The fourth-order valence-corrected chi connectivity index (χ4v) is 5.27. The molecule has 1 aliphatic carbocycles. The summed E-state index contributed by atoms with van der Waals surface area (Å²) in [5, 5.41) is 69.0. The Balaban J connectivity index is 1.30. The topological polar surface area (TPSA) is 208 Å². The molecule has 3 fully saturated rings. The lowest BCUT2D eigenvalue weighted by Gasteiger charge is -2.43. The van der Waals surface area contributed by atoms with Gasteiger partial charge in [0.2, 0.25) is 6.29 Å². The largest absolute Gasteiger partial charge is 0.504 e. The molecule has 2 saturated heterocycles. The minimum absolute atomic E-state index is 0.297. The minimum atomic E-state index is -1.66. The molecule has 0 radical (unpaired) electrons. The number of benzene rings is 1. The van der Waals surface area contributed by atoms with Crippen LogP contribution in [0.15, 0.2) is 36.6 Å². The Morgan fingerprint density at radius 2 is 1.84 bits per heavy atom. The molecule has 5 rings (SSSR count). The van der Waals surface area contributed by atoms with Gasteiger partial charge in [0.25, 0.3) is 0 Å². The molecule has 0 aromatic heterocycles. The van der Waals surface area contributed by atoms with Gasteiger partial charge in [-0.05, 0) is 29.8 Å². The molecule has 37 heavy (non-hydrogen) atoms. The molecule has 0 spiro atoms. The van der Waals surface area contributed by atoms with Crippen LogP contribution in [0.1, 0.15) is 5.56 Å². The molecule has 1 saturated carbocycles. The summed E-state index contributed by atoms with van der Waals surface area (Å²) >= 11 is 0. The average molecular weight is 524 g/mol. The minimum Gasteiger partial charge on any atom is -0.504 e. The van der Waals surface area contributed by atoms with E-state index in [1.807, 2.05) is 0 Å². The highest BCUT2D eigenvalue weighted by Gasteiger charge is 2.77. The molecular formula is C24H28O13. The van der Waals surface area contributed by atoms with Crippen LogP contribution in [0.3, 0.4) is 0 Å². The van der Waals surface area contributed by atoms with Crippen LogP contribution in [-0.4, -0.2) is 110 Å². The third-order valence-electron chi connectivity index (χ3n) is 7.26. The van der Waals surface area contributed by atoms with Crippen molar-refractivity contribution in [2.24, 2.45) is 11.8 Å². The van der Waals surface area contributed by atoms with Crippen molar-refractivity contribution in [1.82, 2.24) is 0 Å². The Hall–Kier alpha value is -2.75. The summed E-state index contributed by atoms with van der Waals surface area (Å²) in [5.74, 6) is -2.56. The van der Waals surface area contributed by atoms with Crippen LogP contribution in [0.4, 0.5) is 0 Å². The van der Waals surface area contributed by atoms with E-state index in [0.29, 0.717) is 5.56 Å². The van der Waals surface area contributed by atoms with Crippen molar-refractivity contribution in [3.05, 3.63) is 42.2 Å². The van der Waals surface area contributed by atoms with Crippen molar-refractivity contribution in [2.45, 2.75) is 54.8 Å². The molecule has 4 aliphatic rings. The van der Waals surface area contributed by atoms with Gasteiger partial charge < -0.3 is 59.4 Å². The molecule has 13 nitrogen and oxygen atoms in total. The highest BCUT2D eigenvalue weighted by Crippen LogP contribution is 2.60. The van der Waals surface area contributed by atoms with Crippen LogP contribution in [0, 0.1) is 11.8 Å². The maximum Gasteiger partial charge on any atom is 0.331 e. The van der Waals surface area contributed by atoms with Gasteiger partial charge in [-0.1, -0.05) is 6.07 Å². The highest BCUT2D eigenvalue weighted by molar-refractivity contribution is 5.87. The number of epoxide rings is 1. The third kappa shape index (κ3) is 4.47. The predicted octanol–water partition coefficient (Wildman–Crippen LogP) is -1.91. The first-order chi connectivity index (χ1) is 17.7. The Labute approximate surface area is 210 Å². The summed E-state index contributed by atoms with van der Waals surface area (Å²) in [6, 6.07) is 4.04. The third-order valence-corrected chi connectivity index (χ3v) is 7.26. The predicted molar refractivity (Wildman–Crippen MR) is 119 cm³/mol. The number of hydrogen-bond acceptors (Lipinski definition) is 13. The van der Waals surface area contributed by atoms with Gasteiger partial charge in [0.1, 0.15) is 42.2 Å². The summed E-state index contributed by atoms with van der Waals surface area (Å²) in [4.78, 5) is 12.6. The number of carbonyl (C=O) groups excluding carboxylic acids is 1. The zero-order valence-electron chi connectivity index (χ0n) is 19.3. The van der Waals surface area contributed by atoms with E-state index in [0.717, 1.165) is 6.08 Å². The number of ether oxygens (including phenoxy) is 5. The van der Waals surface area contributed by atoms with E-state index in [-0.39, 0.29) is 11.5 Å². The molecule has 3 heterocycles. The lowest BCUT2D eigenvalue weighted by molar-refractivity contribution is -0.344. The number of esters is 1. The summed E-state index contributed by atoms with van der Waals surface area (Å²) in [7, 11) is 0. The molecule has 1 aromatic carbocycles. The smallest absolute Gasteiger partial charge is 0.331 e. The van der Waals surface area contributed by atoms with E-state index >= 15 is 0 Å². The van der Waals surface area contributed by atoms with Crippen LogP contribution >= 0.6 is 0 Å². The molecule has 202 valence electrons. The van der Waals surface area contributed by atoms with E-state index in [4.69, 9.17) is 23.7 Å². The van der Waals surface area contributed by atoms with E-state index in [9.17, 15) is 40.5 Å². The summed E-state index contributed by atoms with van der Waals surface area (Å²) in [6.45, 7) is -1.08. The summed E-state index contributed by atoms with van der Waals surface area (Å²) < 4.78 is 28.2. The number of rotatable bonds is 7.